The van der Waals surface area contributed by atoms with E-state index in [0.717, 1.165) is 45.2 Å². The monoisotopic (exact) mass is 482 g/mol. The maximum Gasteiger partial charge on any atom is 0.229 e. The number of aromatic amines is 1. The van der Waals surface area contributed by atoms with E-state index >= 15 is 0 Å². The number of fused-ring (bicyclic) bond motifs is 1. The molecule has 5 rings (SSSR count). The van der Waals surface area contributed by atoms with Crippen molar-refractivity contribution in [2.45, 2.75) is 33.1 Å². The van der Waals surface area contributed by atoms with Gasteiger partial charge in [0.25, 0.3) is 0 Å². The molecule has 8 heteroatoms. The molecule has 0 atom stereocenters. The number of aromatic nitrogens is 5. The molecular formula is C26H26N6SSi. The van der Waals surface area contributed by atoms with Gasteiger partial charge in [0, 0.05) is 47.2 Å². The van der Waals surface area contributed by atoms with Crippen LogP contribution < -0.4 is 5.32 Å². The molecule has 0 radical (unpaired) electrons. The fourth-order valence-electron chi connectivity index (χ4n) is 3.56. The van der Waals surface area contributed by atoms with E-state index in [4.69, 9.17) is 4.98 Å². The Morgan fingerprint density at radius 2 is 1.94 bits per heavy atom. The predicted molar refractivity (Wildman–Crippen MR) is 143 cm³/mol. The van der Waals surface area contributed by atoms with Gasteiger partial charge in [-0.05, 0) is 36.8 Å². The number of hydrogen-bond donors (Lipinski definition) is 2. The van der Waals surface area contributed by atoms with Crippen LogP contribution in [0.25, 0.3) is 21.6 Å². The summed E-state index contributed by atoms with van der Waals surface area (Å²) in [5, 5.41) is 6.48. The predicted octanol–water partition coefficient (Wildman–Crippen LogP) is 6.21. The van der Waals surface area contributed by atoms with Crippen molar-refractivity contribution in [3.05, 3.63) is 77.3 Å². The molecular weight excluding hydrogens is 456 g/mol. The lowest BCUT2D eigenvalue weighted by atomic mass is 10.2. The van der Waals surface area contributed by atoms with Crippen LogP contribution in [0.2, 0.25) is 19.6 Å². The average Bonchev–Trinajstić information content (AvgIpc) is 3.54. The van der Waals surface area contributed by atoms with Crippen molar-refractivity contribution in [2.24, 2.45) is 0 Å². The molecule has 0 aliphatic rings. The number of aryl methyl sites for hydroxylation is 1. The highest BCUT2D eigenvalue weighted by Crippen LogP contribution is 2.32. The zero-order chi connectivity index (χ0) is 23.7. The third-order valence-electron chi connectivity index (χ3n) is 5.32. The Morgan fingerprint density at radius 3 is 2.68 bits per heavy atom. The van der Waals surface area contributed by atoms with Crippen molar-refractivity contribution < 1.29 is 0 Å². The molecule has 4 aromatic heterocycles. The Morgan fingerprint density at radius 1 is 1.12 bits per heavy atom. The van der Waals surface area contributed by atoms with Crippen molar-refractivity contribution in [1.82, 2.24) is 24.5 Å². The molecule has 5 aromatic rings. The standard InChI is InChI=1S/C26H26N6SSi/c1-18-27-12-13-32(18)16-19-5-7-21(8-6-19)29-26-30-24(22-9-11-28-25(22)31-26)23-15-20(17-33-23)10-14-34(2,3)4/h5-9,11-13,15,17H,16H2,1-4H3,(H2,28,29,30,31). The lowest BCUT2D eigenvalue weighted by molar-refractivity contribution is 0.762. The van der Waals surface area contributed by atoms with Crippen LogP contribution in [0.4, 0.5) is 11.6 Å². The normalized spacial score (nSPS) is 11.4. The summed E-state index contributed by atoms with van der Waals surface area (Å²) in [7, 11) is -1.42. The van der Waals surface area contributed by atoms with Gasteiger partial charge < -0.3 is 14.9 Å². The van der Waals surface area contributed by atoms with E-state index in [1.807, 2.05) is 31.6 Å². The van der Waals surface area contributed by atoms with Crippen LogP contribution in [0.3, 0.4) is 0 Å². The van der Waals surface area contributed by atoms with Crippen LogP contribution in [0.1, 0.15) is 17.0 Å². The number of H-pyrrole nitrogens is 1. The molecule has 0 fully saturated rings. The lowest BCUT2D eigenvalue weighted by Crippen LogP contribution is -2.16. The second kappa shape index (κ2) is 8.93. The molecule has 1 aromatic carbocycles. The molecule has 34 heavy (non-hydrogen) atoms. The maximum atomic E-state index is 4.87. The van der Waals surface area contributed by atoms with Gasteiger partial charge in [0.1, 0.15) is 19.5 Å². The molecule has 170 valence electrons. The third kappa shape index (κ3) is 4.96. The number of nitrogens with one attached hydrogen (secondary N) is 2. The van der Waals surface area contributed by atoms with Crippen LogP contribution in [0, 0.1) is 18.4 Å². The first-order chi connectivity index (χ1) is 16.3. The van der Waals surface area contributed by atoms with Crippen molar-refractivity contribution >= 4 is 42.1 Å². The van der Waals surface area contributed by atoms with E-state index in [9.17, 15) is 0 Å². The Labute approximate surface area is 204 Å². The van der Waals surface area contributed by atoms with Gasteiger partial charge in [0.2, 0.25) is 5.95 Å². The quantitative estimate of drug-likeness (QED) is 0.231. The summed E-state index contributed by atoms with van der Waals surface area (Å²) in [6.07, 6.45) is 5.72. The minimum atomic E-state index is -1.42. The third-order valence-corrected chi connectivity index (χ3v) is 7.13. The zero-order valence-corrected chi connectivity index (χ0v) is 21.5. The average molecular weight is 483 g/mol. The van der Waals surface area contributed by atoms with Gasteiger partial charge in [0.15, 0.2) is 0 Å². The van der Waals surface area contributed by atoms with Gasteiger partial charge in [-0.3, -0.25) is 0 Å². The smallest absolute Gasteiger partial charge is 0.229 e. The number of hydrogen-bond acceptors (Lipinski definition) is 5. The Kier molecular flexibility index (Phi) is 5.82. The fourth-order valence-corrected chi connectivity index (χ4v) is 4.92. The topological polar surface area (TPSA) is 71.4 Å². The Hall–Kier alpha value is -3.67. The van der Waals surface area contributed by atoms with Crippen LogP contribution in [-0.4, -0.2) is 32.6 Å². The van der Waals surface area contributed by atoms with Crippen LogP contribution in [0.15, 0.2) is 60.4 Å². The molecule has 6 nitrogen and oxygen atoms in total. The molecule has 2 N–H and O–H groups in total. The zero-order valence-electron chi connectivity index (χ0n) is 19.7. The van der Waals surface area contributed by atoms with Crippen LogP contribution in [0.5, 0.6) is 0 Å². The summed E-state index contributed by atoms with van der Waals surface area (Å²) in [6.45, 7) is 9.57. The summed E-state index contributed by atoms with van der Waals surface area (Å²) in [5.74, 6) is 4.91. The van der Waals surface area contributed by atoms with Gasteiger partial charge in [0.05, 0.1) is 10.6 Å². The molecule has 0 saturated heterocycles. The minimum Gasteiger partial charge on any atom is -0.346 e. The van der Waals surface area contributed by atoms with E-state index in [2.05, 4.69) is 91.7 Å². The van der Waals surface area contributed by atoms with E-state index in [1.54, 1.807) is 11.3 Å². The Bertz CT molecular complexity index is 1510. The number of imidazole rings is 1. The fraction of sp³-hybridized carbons (Fsp3) is 0.192. The van der Waals surface area contributed by atoms with E-state index in [-0.39, 0.29) is 0 Å². The van der Waals surface area contributed by atoms with Gasteiger partial charge in [-0.2, -0.15) is 4.98 Å². The summed E-state index contributed by atoms with van der Waals surface area (Å²) in [4.78, 5) is 18.2. The second-order valence-electron chi connectivity index (χ2n) is 9.26. The van der Waals surface area contributed by atoms with Crippen LogP contribution >= 0.6 is 11.3 Å². The molecule has 0 aliphatic carbocycles. The molecule has 4 heterocycles. The lowest BCUT2D eigenvalue weighted by Gasteiger charge is -2.09. The minimum absolute atomic E-state index is 0.561. The summed E-state index contributed by atoms with van der Waals surface area (Å²) < 4.78 is 2.13. The van der Waals surface area contributed by atoms with E-state index < -0.39 is 8.07 Å². The highest BCUT2D eigenvalue weighted by molar-refractivity contribution is 7.13. The molecule has 0 spiro atoms. The first-order valence-electron chi connectivity index (χ1n) is 11.1. The van der Waals surface area contributed by atoms with Crippen LogP contribution in [-0.2, 0) is 6.54 Å². The van der Waals surface area contributed by atoms with Gasteiger partial charge in [-0.1, -0.05) is 37.7 Å². The SMILES string of the molecule is Cc1nccn1Cc1ccc(Nc2nc(-c3cc(C#C[Si](C)(C)C)cs3)c3cc[nH]c3n2)cc1. The number of nitrogens with zero attached hydrogens (tertiary/aromatic N) is 4. The van der Waals surface area contributed by atoms with E-state index in [1.165, 1.54) is 5.56 Å². The molecule has 0 bridgehead atoms. The van der Waals surface area contributed by atoms with Gasteiger partial charge >= 0.3 is 0 Å². The molecule has 0 amide bonds. The first kappa shape index (κ1) is 22.1. The largest absolute Gasteiger partial charge is 0.346 e. The van der Waals surface area contributed by atoms with Crippen molar-refractivity contribution in [3.63, 3.8) is 0 Å². The van der Waals surface area contributed by atoms with Crippen molar-refractivity contribution in [2.75, 3.05) is 5.32 Å². The van der Waals surface area contributed by atoms with E-state index in [0.29, 0.717) is 5.95 Å². The number of benzene rings is 1. The van der Waals surface area contributed by atoms with Gasteiger partial charge in [-0.25, -0.2) is 9.97 Å². The number of anilines is 2. The Balaban J connectivity index is 1.40. The highest BCUT2D eigenvalue weighted by Gasteiger charge is 2.14. The van der Waals surface area contributed by atoms with Crippen molar-refractivity contribution in [1.29, 1.82) is 0 Å². The molecule has 0 saturated carbocycles. The van der Waals surface area contributed by atoms with Crippen molar-refractivity contribution in [3.8, 4) is 22.0 Å². The maximum absolute atomic E-state index is 4.87. The van der Waals surface area contributed by atoms with Gasteiger partial charge in [-0.15, -0.1) is 16.9 Å². The summed E-state index contributed by atoms with van der Waals surface area (Å²) in [6, 6.07) is 12.5. The highest BCUT2D eigenvalue weighted by atomic mass is 32.1. The summed E-state index contributed by atoms with van der Waals surface area (Å²) >= 11 is 1.66. The summed E-state index contributed by atoms with van der Waals surface area (Å²) in [5.41, 5.74) is 8.35. The first-order valence-corrected chi connectivity index (χ1v) is 15.5. The molecule has 0 aliphatic heterocycles. The second-order valence-corrected chi connectivity index (χ2v) is 14.9. The molecule has 0 unspecified atom stereocenters. The number of thiophene rings is 1. The number of rotatable bonds is 5.